The van der Waals surface area contributed by atoms with Gasteiger partial charge < -0.3 is 13.7 Å². The van der Waals surface area contributed by atoms with Crippen molar-refractivity contribution in [1.29, 1.82) is 0 Å². The first kappa shape index (κ1) is 20.8. The largest absolute Gasteiger partial charge is 0.534 e. The molecule has 24 heavy (non-hydrogen) atoms. The molecule has 0 spiro atoms. The molecule has 0 aliphatic carbocycles. The molecule has 0 saturated carbocycles. The van der Waals surface area contributed by atoms with Gasteiger partial charge in [0.2, 0.25) is 5.79 Å². The minimum atomic E-state index is -5.80. The van der Waals surface area contributed by atoms with E-state index in [1.807, 2.05) is 6.92 Å². The van der Waals surface area contributed by atoms with E-state index in [1.54, 1.807) is 0 Å². The Balaban J connectivity index is 2.97. The molecule has 0 aromatic heterocycles. The molecule has 0 amide bonds. The van der Waals surface area contributed by atoms with Gasteiger partial charge in [-0.25, -0.2) is 0 Å². The molecule has 6 nitrogen and oxygen atoms in total. The van der Waals surface area contributed by atoms with Gasteiger partial charge in [0.05, 0.1) is 12.0 Å². The van der Waals surface area contributed by atoms with Crippen LogP contribution in [0.5, 0.6) is 0 Å². The molecule has 1 aliphatic rings. The van der Waals surface area contributed by atoms with E-state index >= 15 is 0 Å². The average molecular weight is 374 g/mol. The van der Waals surface area contributed by atoms with Crippen LogP contribution in [0.15, 0.2) is 11.8 Å². The molecule has 0 fully saturated rings. The summed E-state index contributed by atoms with van der Waals surface area (Å²) in [6.45, 7) is 6.18. The number of alkyl halides is 3. The third-order valence-electron chi connectivity index (χ3n) is 3.05. The summed E-state index contributed by atoms with van der Waals surface area (Å²) < 4.78 is 74.7. The number of esters is 1. The lowest BCUT2D eigenvalue weighted by molar-refractivity contribution is -0.259. The minimum absolute atomic E-state index is 0.122. The quantitative estimate of drug-likeness (QED) is 0.403. The van der Waals surface area contributed by atoms with Crippen LogP contribution < -0.4 is 0 Å². The molecule has 1 unspecified atom stereocenters. The lowest BCUT2D eigenvalue weighted by atomic mass is 10.00. The van der Waals surface area contributed by atoms with Gasteiger partial charge in [0.15, 0.2) is 0 Å². The SMILES string of the molecule is CCCCC(=O)OC1(C)CC(OS(=O)(=O)C(F)(F)F)=CC(C)(C)O1. The second-order valence-electron chi connectivity index (χ2n) is 6.19. The fourth-order valence-corrected chi connectivity index (χ4v) is 2.77. The van der Waals surface area contributed by atoms with Crippen LogP contribution in [0.2, 0.25) is 0 Å². The minimum Gasteiger partial charge on any atom is -0.433 e. The lowest BCUT2D eigenvalue weighted by Crippen LogP contribution is -2.46. The van der Waals surface area contributed by atoms with Gasteiger partial charge in [-0.15, -0.1) is 0 Å². The van der Waals surface area contributed by atoms with Crippen LogP contribution in [0.3, 0.4) is 0 Å². The monoisotopic (exact) mass is 374 g/mol. The molecule has 0 radical (unpaired) electrons. The van der Waals surface area contributed by atoms with Crippen LogP contribution in [-0.4, -0.2) is 31.3 Å². The number of ether oxygens (including phenoxy) is 2. The van der Waals surface area contributed by atoms with Crippen molar-refractivity contribution in [2.75, 3.05) is 0 Å². The summed E-state index contributed by atoms with van der Waals surface area (Å²) in [4.78, 5) is 11.8. The summed E-state index contributed by atoms with van der Waals surface area (Å²) in [6, 6.07) is 0. The maximum atomic E-state index is 12.5. The Kier molecular flexibility index (Phi) is 5.98. The van der Waals surface area contributed by atoms with E-state index in [1.165, 1.54) is 20.8 Å². The normalized spacial score (nSPS) is 24.2. The third kappa shape index (κ3) is 5.66. The second-order valence-corrected chi connectivity index (χ2v) is 7.73. The number of hydrogen-bond donors (Lipinski definition) is 0. The van der Waals surface area contributed by atoms with Crippen molar-refractivity contribution in [2.45, 2.75) is 70.3 Å². The molecule has 10 heteroatoms. The molecule has 0 N–H and O–H groups in total. The lowest BCUT2D eigenvalue weighted by Gasteiger charge is -2.40. The summed E-state index contributed by atoms with van der Waals surface area (Å²) in [7, 11) is -5.80. The Labute approximate surface area is 139 Å². The van der Waals surface area contributed by atoms with Crippen LogP contribution in [0, 0.1) is 0 Å². The third-order valence-corrected chi connectivity index (χ3v) is 4.05. The van der Waals surface area contributed by atoms with Crippen LogP contribution in [0.25, 0.3) is 0 Å². The zero-order chi connectivity index (χ0) is 18.8. The van der Waals surface area contributed by atoms with Crippen LogP contribution in [-0.2, 0) is 28.6 Å². The number of carbonyl (C=O) groups is 1. The zero-order valence-electron chi connectivity index (χ0n) is 13.9. The highest BCUT2D eigenvalue weighted by Crippen LogP contribution is 2.38. The highest BCUT2D eigenvalue weighted by atomic mass is 32.2. The van der Waals surface area contributed by atoms with Crippen molar-refractivity contribution in [3.05, 3.63) is 11.8 Å². The fourth-order valence-electron chi connectivity index (χ4n) is 2.29. The first-order valence-corrected chi connectivity index (χ1v) is 8.75. The first-order chi connectivity index (χ1) is 10.7. The Morgan fingerprint density at radius 1 is 1.33 bits per heavy atom. The van der Waals surface area contributed by atoms with Crippen molar-refractivity contribution in [3.8, 4) is 0 Å². The van der Waals surface area contributed by atoms with E-state index in [0.29, 0.717) is 6.42 Å². The molecule has 1 heterocycles. The molecule has 1 rings (SSSR count). The van der Waals surface area contributed by atoms with Gasteiger partial charge in [-0.2, -0.15) is 21.6 Å². The molecule has 140 valence electrons. The Morgan fingerprint density at radius 3 is 2.42 bits per heavy atom. The van der Waals surface area contributed by atoms with E-state index in [9.17, 15) is 26.4 Å². The smallest absolute Gasteiger partial charge is 0.433 e. The van der Waals surface area contributed by atoms with Crippen molar-refractivity contribution in [3.63, 3.8) is 0 Å². The van der Waals surface area contributed by atoms with Crippen molar-refractivity contribution in [2.24, 2.45) is 0 Å². The van der Waals surface area contributed by atoms with Gasteiger partial charge in [-0.1, -0.05) is 13.3 Å². The van der Waals surface area contributed by atoms with E-state index in [4.69, 9.17) is 9.47 Å². The van der Waals surface area contributed by atoms with E-state index < -0.39 is 45.2 Å². The Hall–Kier alpha value is -1.29. The molecular weight excluding hydrogens is 353 g/mol. The van der Waals surface area contributed by atoms with Gasteiger partial charge in [-0.05, 0) is 26.3 Å². The molecule has 1 atom stereocenters. The predicted octanol–water partition coefficient (Wildman–Crippen LogP) is 3.39. The van der Waals surface area contributed by atoms with Crippen LogP contribution >= 0.6 is 0 Å². The van der Waals surface area contributed by atoms with Gasteiger partial charge in [0.1, 0.15) is 5.76 Å². The number of halogens is 3. The van der Waals surface area contributed by atoms with E-state index in [-0.39, 0.29) is 6.42 Å². The van der Waals surface area contributed by atoms with Gasteiger partial charge in [0, 0.05) is 13.3 Å². The first-order valence-electron chi connectivity index (χ1n) is 7.34. The molecule has 1 aliphatic heterocycles. The molecule has 0 bridgehead atoms. The maximum Gasteiger partial charge on any atom is 0.534 e. The average Bonchev–Trinajstić information content (AvgIpc) is 2.30. The Bertz CT molecular complexity index is 608. The van der Waals surface area contributed by atoms with Gasteiger partial charge in [-0.3, -0.25) is 4.79 Å². The van der Waals surface area contributed by atoms with E-state index in [2.05, 4.69) is 4.18 Å². The highest BCUT2D eigenvalue weighted by molar-refractivity contribution is 7.87. The molecule has 0 saturated heterocycles. The standard InChI is InChI=1S/C14H21F3O6S/c1-5-6-7-11(18)21-13(4)9-10(8-12(2,3)23-13)22-24(19,20)14(15,16)17/h8H,5-7,9H2,1-4H3. The molecule has 0 aromatic rings. The summed E-state index contributed by atoms with van der Waals surface area (Å²) in [6.07, 6.45) is 2.12. The van der Waals surface area contributed by atoms with Gasteiger partial charge in [0.25, 0.3) is 0 Å². The summed E-state index contributed by atoms with van der Waals surface area (Å²) in [5.41, 5.74) is -6.74. The summed E-state index contributed by atoms with van der Waals surface area (Å²) in [5.74, 6) is -2.70. The number of hydrogen-bond acceptors (Lipinski definition) is 6. The topological polar surface area (TPSA) is 78.9 Å². The predicted molar refractivity (Wildman–Crippen MR) is 77.9 cm³/mol. The molecular formula is C14H21F3O6S. The molecule has 0 aromatic carbocycles. The highest BCUT2D eigenvalue weighted by Gasteiger charge is 2.51. The number of unbranched alkanes of at least 4 members (excludes halogenated alkanes) is 1. The van der Waals surface area contributed by atoms with Crippen molar-refractivity contribution >= 4 is 16.1 Å². The number of carbonyl (C=O) groups excluding carboxylic acids is 1. The Morgan fingerprint density at radius 2 is 1.92 bits per heavy atom. The van der Waals surface area contributed by atoms with Crippen LogP contribution in [0.4, 0.5) is 13.2 Å². The second kappa shape index (κ2) is 6.91. The van der Waals surface area contributed by atoms with Crippen LogP contribution in [0.1, 0.15) is 53.4 Å². The van der Waals surface area contributed by atoms with Crippen molar-refractivity contribution < 1.29 is 40.0 Å². The summed E-state index contributed by atoms with van der Waals surface area (Å²) in [5, 5.41) is 0. The van der Waals surface area contributed by atoms with Gasteiger partial charge >= 0.3 is 21.6 Å². The maximum absolute atomic E-state index is 12.5. The van der Waals surface area contributed by atoms with E-state index in [0.717, 1.165) is 12.5 Å². The fraction of sp³-hybridized carbons (Fsp3) is 0.786. The zero-order valence-corrected chi connectivity index (χ0v) is 14.7. The number of rotatable bonds is 6. The summed E-state index contributed by atoms with van der Waals surface area (Å²) >= 11 is 0. The van der Waals surface area contributed by atoms with Crippen molar-refractivity contribution in [1.82, 2.24) is 0 Å².